The second-order valence-electron chi connectivity index (χ2n) is 8.15. The molecule has 10 heteroatoms. The van der Waals surface area contributed by atoms with E-state index in [4.69, 9.17) is 4.74 Å². The van der Waals surface area contributed by atoms with Gasteiger partial charge in [0.2, 0.25) is 0 Å². The highest BCUT2D eigenvalue weighted by atomic mass is 19.4. The van der Waals surface area contributed by atoms with Crippen LogP contribution in [-0.2, 0) is 12.4 Å². The van der Waals surface area contributed by atoms with E-state index < -0.39 is 23.5 Å². The van der Waals surface area contributed by atoms with Crippen LogP contribution in [0.5, 0.6) is 5.75 Å². The van der Waals surface area contributed by atoms with Gasteiger partial charge in [-0.05, 0) is 48.7 Å². The molecule has 1 saturated carbocycles. The van der Waals surface area contributed by atoms with E-state index in [2.05, 4.69) is 9.97 Å². The number of imidazole rings is 1. The second kappa shape index (κ2) is 8.44. The SMILES string of the molecule is FC(F)(F)c1cc(-n2cncc2-c2cnccc2-c2ccccc2OC2CC2)cc(C(F)(F)F)c1. The third-order valence-electron chi connectivity index (χ3n) is 5.58. The lowest BCUT2D eigenvalue weighted by molar-refractivity contribution is -0.143. The van der Waals surface area contributed by atoms with Gasteiger partial charge in [-0.25, -0.2) is 4.98 Å². The van der Waals surface area contributed by atoms with Crippen molar-refractivity contribution in [3.05, 3.63) is 84.6 Å². The molecule has 0 atom stereocenters. The van der Waals surface area contributed by atoms with Crippen molar-refractivity contribution < 1.29 is 31.1 Å². The molecule has 0 unspecified atom stereocenters. The van der Waals surface area contributed by atoms with Crippen LogP contribution in [0.25, 0.3) is 28.1 Å². The summed E-state index contributed by atoms with van der Waals surface area (Å²) in [5.41, 5.74) is -1.000. The van der Waals surface area contributed by atoms with E-state index in [0.717, 1.165) is 18.4 Å². The average molecular weight is 489 g/mol. The fourth-order valence-electron chi connectivity index (χ4n) is 3.77. The van der Waals surface area contributed by atoms with Gasteiger partial charge in [-0.15, -0.1) is 0 Å². The first kappa shape index (κ1) is 22.9. The summed E-state index contributed by atoms with van der Waals surface area (Å²) in [6.07, 6.45) is -2.31. The Morgan fingerprint density at radius 1 is 0.771 bits per heavy atom. The molecular formula is C25H17F6N3O. The molecule has 1 aliphatic rings. The summed E-state index contributed by atoms with van der Waals surface area (Å²) >= 11 is 0. The normalized spacial score (nSPS) is 14.2. The van der Waals surface area contributed by atoms with Gasteiger partial charge < -0.3 is 4.74 Å². The standard InChI is InChI=1S/C25H17F6N3O/c26-24(27,28)15-9-16(25(29,30)31)11-17(10-15)34-14-33-13-22(34)21-12-32-8-7-19(21)20-3-1-2-4-23(20)35-18-5-6-18/h1-4,7-14,18H,5-6H2. The smallest absolute Gasteiger partial charge is 0.416 e. The number of ether oxygens (including phenoxy) is 1. The van der Waals surface area contributed by atoms with Crippen molar-refractivity contribution >= 4 is 0 Å². The molecule has 0 spiro atoms. The fraction of sp³-hybridized carbons (Fsp3) is 0.200. The van der Waals surface area contributed by atoms with Crippen LogP contribution in [0.3, 0.4) is 0 Å². The predicted molar refractivity (Wildman–Crippen MR) is 116 cm³/mol. The lowest BCUT2D eigenvalue weighted by Crippen LogP contribution is -2.12. The minimum Gasteiger partial charge on any atom is -0.490 e. The third kappa shape index (κ3) is 4.73. The number of hydrogen-bond donors (Lipinski definition) is 0. The van der Waals surface area contributed by atoms with Gasteiger partial charge in [0, 0.05) is 29.2 Å². The van der Waals surface area contributed by atoms with Crippen molar-refractivity contribution in [2.75, 3.05) is 0 Å². The fourth-order valence-corrected chi connectivity index (χ4v) is 3.77. The molecule has 0 aliphatic heterocycles. The molecule has 0 saturated heterocycles. The number of halogens is 6. The first-order valence-electron chi connectivity index (χ1n) is 10.6. The predicted octanol–water partition coefficient (Wildman–Crippen LogP) is 7.18. The lowest BCUT2D eigenvalue weighted by atomic mass is 9.99. The number of rotatable bonds is 5. The van der Waals surface area contributed by atoms with Gasteiger partial charge >= 0.3 is 12.4 Å². The topological polar surface area (TPSA) is 39.9 Å². The molecule has 0 bridgehead atoms. The summed E-state index contributed by atoms with van der Waals surface area (Å²) < 4.78 is 87.7. The highest BCUT2D eigenvalue weighted by Crippen LogP contribution is 2.41. The average Bonchev–Trinajstić information content (AvgIpc) is 3.50. The van der Waals surface area contributed by atoms with Crippen molar-refractivity contribution in [3.63, 3.8) is 0 Å². The van der Waals surface area contributed by atoms with Crippen molar-refractivity contribution in [2.45, 2.75) is 31.3 Å². The minimum absolute atomic E-state index is 0.0983. The largest absolute Gasteiger partial charge is 0.490 e. The Labute approximate surface area is 195 Å². The van der Waals surface area contributed by atoms with Crippen molar-refractivity contribution in [2.24, 2.45) is 0 Å². The van der Waals surface area contributed by atoms with Crippen LogP contribution in [0, 0.1) is 0 Å². The summed E-state index contributed by atoms with van der Waals surface area (Å²) in [7, 11) is 0. The number of hydrogen-bond acceptors (Lipinski definition) is 3. The molecule has 0 radical (unpaired) electrons. The Hall–Kier alpha value is -3.82. The van der Waals surface area contributed by atoms with Crippen LogP contribution < -0.4 is 4.74 Å². The molecule has 180 valence electrons. The Bertz CT molecular complexity index is 1340. The number of para-hydroxylation sites is 1. The number of benzene rings is 2. The van der Waals surface area contributed by atoms with E-state index in [1.807, 2.05) is 24.3 Å². The van der Waals surface area contributed by atoms with Crippen LogP contribution in [-0.4, -0.2) is 20.6 Å². The highest BCUT2D eigenvalue weighted by Gasteiger charge is 2.37. The monoisotopic (exact) mass is 489 g/mol. The van der Waals surface area contributed by atoms with E-state index in [1.165, 1.54) is 23.3 Å². The third-order valence-corrected chi connectivity index (χ3v) is 5.58. The van der Waals surface area contributed by atoms with E-state index in [9.17, 15) is 26.3 Å². The number of aromatic nitrogens is 3. The molecule has 4 aromatic rings. The van der Waals surface area contributed by atoms with Crippen molar-refractivity contribution in [1.82, 2.24) is 14.5 Å². The van der Waals surface area contributed by atoms with Gasteiger partial charge in [-0.2, -0.15) is 26.3 Å². The van der Waals surface area contributed by atoms with Crippen LogP contribution in [0.1, 0.15) is 24.0 Å². The van der Waals surface area contributed by atoms with Gasteiger partial charge in [0.15, 0.2) is 0 Å². The van der Waals surface area contributed by atoms with Crippen molar-refractivity contribution in [1.29, 1.82) is 0 Å². The Balaban J connectivity index is 1.66. The Kier molecular flexibility index (Phi) is 5.53. The van der Waals surface area contributed by atoms with Crippen LogP contribution in [0.15, 0.2) is 73.4 Å². The number of pyridine rings is 1. The summed E-state index contributed by atoms with van der Waals surface area (Å²) in [6, 6.07) is 10.4. The molecule has 0 N–H and O–H groups in total. The molecule has 35 heavy (non-hydrogen) atoms. The molecule has 2 heterocycles. The van der Waals surface area contributed by atoms with E-state index >= 15 is 0 Å². The zero-order chi connectivity index (χ0) is 24.8. The minimum atomic E-state index is -4.96. The molecule has 0 amide bonds. The lowest BCUT2D eigenvalue weighted by Gasteiger charge is -2.17. The van der Waals surface area contributed by atoms with Gasteiger partial charge in [-0.3, -0.25) is 9.55 Å². The van der Waals surface area contributed by atoms with Gasteiger partial charge in [0.05, 0.1) is 35.4 Å². The number of nitrogens with zero attached hydrogens (tertiary/aromatic N) is 3. The molecule has 1 fully saturated rings. The van der Waals surface area contributed by atoms with Gasteiger partial charge in [-0.1, -0.05) is 18.2 Å². The maximum atomic E-state index is 13.4. The second-order valence-corrected chi connectivity index (χ2v) is 8.15. The molecule has 4 nitrogen and oxygen atoms in total. The van der Waals surface area contributed by atoms with Gasteiger partial charge in [0.1, 0.15) is 5.75 Å². The maximum absolute atomic E-state index is 13.4. The summed E-state index contributed by atoms with van der Waals surface area (Å²) in [5, 5.41) is 0. The summed E-state index contributed by atoms with van der Waals surface area (Å²) in [4.78, 5) is 8.15. The van der Waals surface area contributed by atoms with Crippen LogP contribution in [0.2, 0.25) is 0 Å². The molecule has 5 rings (SSSR count). The zero-order valence-corrected chi connectivity index (χ0v) is 17.9. The Morgan fingerprint density at radius 3 is 2.11 bits per heavy atom. The molecular weight excluding hydrogens is 472 g/mol. The summed E-state index contributed by atoms with van der Waals surface area (Å²) in [6.45, 7) is 0. The zero-order valence-electron chi connectivity index (χ0n) is 17.9. The van der Waals surface area contributed by atoms with E-state index in [0.29, 0.717) is 29.0 Å². The maximum Gasteiger partial charge on any atom is 0.416 e. The van der Waals surface area contributed by atoms with E-state index in [1.54, 1.807) is 12.3 Å². The first-order valence-corrected chi connectivity index (χ1v) is 10.6. The van der Waals surface area contributed by atoms with E-state index in [-0.39, 0.29) is 23.6 Å². The van der Waals surface area contributed by atoms with Crippen molar-refractivity contribution in [3.8, 4) is 33.8 Å². The quantitative estimate of drug-likeness (QED) is 0.279. The Morgan fingerprint density at radius 2 is 1.46 bits per heavy atom. The molecule has 1 aliphatic carbocycles. The number of alkyl halides is 6. The highest BCUT2D eigenvalue weighted by molar-refractivity contribution is 5.84. The molecule has 2 aromatic carbocycles. The summed E-state index contributed by atoms with van der Waals surface area (Å²) in [5.74, 6) is 0.631. The molecule has 2 aromatic heterocycles. The van der Waals surface area contributed by atoms with Gasteiger partial charge in [0.25, 0.3) is 0 Å². The van der Waals surface area contributed by atoms with Crippen LogP contribution >= 0.6 is 0 Å². The first-order chi connectivity index (χ1) is 16.6. The van der Waals surface area contributed by atoms with Crippen LogP contribution in [0.4, 0.5) is 26.3 Å².